The Labute approximate surface area is 158 Å². The van der Waals surface area contributed by atoms with E-state index in [2.05, 4.69) is 14.7 Å². The third kappa shape index (κ3) is 5.61. The van der Waals surface area contributed by atoms with Crippen LogP contribution >= 0.6 is 0 Å². The van der Waals surface area contributed by atoms with Crippen LogP contribution < -0.4 is 14.2 Å². The summed E-state index contributed by atoms with van der Waals surface area (Å²) < 4.78 is 51.3. The first-order valence-corrected chi connectivity index (χ1v) is 10.4. The van der Waals surface area contributed by atoms with E-state index >= 15 is 0 Å². The zero-order valence-electron chi connectivity index (χ0n) is 15.0. The lowest BCUT2D eigenvalue weighted by Crippen LogP contribution is -2.40. The monoisotopic (exact) mass is 395 g/mol. The van der Waals surface area contributed by atoms with Gasteiger partial charge in [-0.3, -0.25) is 0 Å². The molecular weight excluding hydrogens is 373 g/mol. The summed E-state index contributed by atoms with van der Waals surface area (Å²) in [6.45, 7) is 0. The minimum Gasteiger partial charge on any atom is -0.477 e. The third-order valence-electron chi connectivity index (χ3n) is 4.40. The fourth-order valence-corrected chi connectivity index (χ4v) is 4.54. The van der Waals surface area contributed by atoms with Crippen molar-refractivity contribution < 1.29 is 22.3 Å². The zero-order valence-corrected chi connectivity index (χ0v) is 15.8. The number of hydrogen-bond acceptors (Lipinski definition) is 6. The van der Waals surface area contributed by atoms with Crippen LogP contribution in [-0.2, 0) is 15.8 Å². The van der Waals surface area contributed by atoms with Gasteiger partial charge in [0.25, 0.3) is 11.8 Å². The van der Waals surface area contributed by atoms with Gasteiger partial charge in [-0.2, -0.15) is 0 Å². The van der Waals surface area contributed by atoms with Crippen LogP contribution in [0.1, 0.15) is 31.2 Å². The van der Waals surface area contributed by atoms with Gasteiger partial charge in [0, 0.05) is 18.4 Å². The molecule has 0 aliphatic heterocycles. The molecule has 1 aliphatic carbocycles. The van der Waals surface area contributed by atoms with Crippen LogP contribution in [0.4, 0.5) is 4.39 Å². The molecule has 0 bridgehead atoms. The summed E-state index contributed by atoms with van der Waals surface area (Å²) in [4.78, 5) is 8.17. The van der Waals surface area contributed by atoms with Crippen molar-refractivity contribution in [1.29, 1.82) is 0 Å². The fraction of sp³-hybridized carbons (Fsp3) is 0.444. The van der Waals surface area contributed by atoms with Gasteiger partial charge in [-0.1, -0.05) is 12.1 Å². The second-order valence-corrected chi connectivity index (χ2v) is 8.22. The van der Waals surface area contributed by atoms with Gasteiger partial charge >= 0.3 is 0 Å². The lowest BCUT2D eigenvalue weighted by Gasteiger charge is -2.29. The molecule has 2 aromatic rings. The Balaban J connectivity index is 1.50. The predicted molar refractivity (Wildman–Crippen MR) is 97.4 cm³/mol. The molecule has 3 rings (SSSR count). The molecule has 0 radical (unpaired) electrons. The summed E-state index contributed by atoms with van der Waals surface area (Å²) in [6, 6.07) is 5.34. The fourth-order valence-electron chi connectivity index (χ4n) is 3.09. The average Bonchev–Trinajstić information content (AvgIpc) is 2.65. The molecule has 0 spiro atoms. The molecular formula is C18H22FN3O4S. The Morgan fingerprint density at radius 2 is 1.70 bits per heavy atom. The molecule has 1 heterocycles. The number of rotatable bonds is 7. The van der Waals surface area contributed by atoms with Crippen LogP contribution in [0, 0.1) is 5.82 Å². The highest BCUT2D eigenvalue weighted by Gasteiger charge is 2.27. The minimum absolute atomic E-state index is 0.0616. The molecule has 1 fully saturated rings. The number of benzene rings is 1. The lowest BCUT2D eigenvalue weighted by atomic mass is 9.94. The van der Waals surface area contributed by atoms with E-state index in [1.807, 2.05) is 0 Å². The molecule has 1 N–H and O–H groups in total. The largest absolute Gasteiger partial charge is 0.477 e. The van der Waals surface area contributed by atoms with Gasteiger partial charge in [-0.05, 0) is 43.4 Å². The first kappa shape index (κ1) is 19.5. The summed E-state index contributed by atoms with van der Waals surface area (Å²) in [5.74, 6) is 0.127. The van der Waals surface area contributed by atoms with E-state index in [0.29, 0.717) is 43.0 Å². The minimum atomic E-state index is -3.49. The number of aromatic nitrogens is 2. The van der Waals surface area contributed by atoms with Gasteiger partial charge in [0.15, 0.2) is 0 Å². The number of ether oxygens (including phenoxy) is 2. The highest BCUT2D eigenvalue weighted by Crippen LogP contribution is 2.27. The Hall–Kier alpha value is -2.26. The predicted octanol–water partition coefficient (Wildman–Crippen LogP) is 2.43. The Bertz CT molecular complexity index is 853. The number of hydrogen-bond donors (Lipinski definition) is 1. The van der Waals surface area contributed by atoms with E-state index in [9.17, 15) is 12.8 Å². The molecule has 0 saturated heterocycles. The SMILES string of the molecule is COc1nccnc1OC1CCC(NS(=O)(=O)Cc2ccc(F)cc2)CC1. The highest BCUT2D eigenvalue weighted by molar-refractivity contribution is 7.88. The molecule has 0 amide bonds. The van der Waals surface area contributed by atoms with Crippen LogP contribution in [0.15, 0.2) is 36.7 Å². The normalized spacial score (nSPS) is 20.2. The van der Waals surface area contributed by atoms with Crippen molar-refractivity contribution in [1.82, 2.24) is 14.7 Å². The van der Waals surface area contributed by atoms with Crippen molar-refractivity contribution >= 4 is 10.0 Å². The van der Waals surface area contributed by atoms with Crippen LogP contribution in [0.25, 0.3) is 0 Å². The topological polar surface area (TPSA) is 90.4 Å². The van der Waals surface area contributed by atoms with Crippen molar-refractivity contribution in [3.05, 3.63) is 48.0 Å². The van der Waals surface area contributed by atoms with Gasteiger partial charge in [0.2, 0.25) is 10.0 Å². The second kappa shape index (κ2) is 8.62. The van der Waals surface area contributed by atoms with Crippen molar-refractivity contribution in [2.75, 3.05) is 7.11 Å². The number of nitrogens with one attached hydrogen (secondary N) is 1. The highest BCUT2D eigenvalue weighted by atomic mass is 32.2. The number of sulfonamides is 1. The van der Waals surface area contributed by atoms with Gasteiger partial charge < -0.3 is 9.47 Å². The molecule has 7 nitrogen and oxygen atoms in total. The van der Waals surface area contributed by atoms with E-state index in [-0.39, 0.29) is 23.7 Å². The molecule has 9 heteroatoms. The Morgan fingerprint density at radius 3 is 2.33 bits per heavy atom. The van der Waals surface area contributed by atoms with Crippen LogP contribution in [0.5, 0.6) is 11.8 Å². The van der Waals surface area contributed by atoms with Crippen molar-refractivity contribution in [3.8, 4) is 11.8 Å². The number of methoxy groups -OCH3 is 1. The second-order valence-electron chi connectivity index (χ2n) is 6.47. The lowest BCUT2D eigenvalue weighted by molar-refractivity contribution is 0.132. The van der Waals surface area contributed by atoms with Crippen molar-refractivity contribution in [2.45, 2.75) is 43.6 Å². The van der Waals surface area contributed by atoms with E-state index in [0.717, 1.165) is 0 Å². The van der Waals surface area contributed by atoms with Gasteiger partial charge in [-0.25, -0.2) is 27.5 Å². The first-order valence-electron chi connectivity index (χ1n) is 8.71. The maximum absolute atomic E-state index is 12.9. The van der Waals surface area contributed by atoms with Crippen molar-refractivity contribution in [2.24, 2.45) is 0 Å². The Kier molecular flexibility index (Phi) is 6.22. The van der Waals surface area contributed by atoms with Crippen LogP contribution in [-0.4, -0.2) is 37.6 Å². The smallest absolute Gasteiger partial charge is 0.278 e. The molecule has 1 aromatic carbocycles. The van der Waals surface area contributed by atoms with E-state index < -0.39 is 10.0 Å². The summed E-state index contributed by atoms with van der Waals surface area (Å²) in [5, 5.41) is 0. The molecule has 146 valence electrons. The van der Waals surface area contributed by atoms with Crippen LogP contribution in [0.3, 0.4) is 0 Å². The van der Waals surface area contributed by atoms with E-state index in [4.69, 9.17) is 9.47 Å². The quantitative estimate of drug-likeness (QED) is 0.774. The molecule has 0 atom stereocenters. The maximum Gasteiger partial charge on any atom is 0.278 e. The van der Waals surface area contributed by atoms with E-state index in [1.165, 1.54) is 43.8 Å². The summed E-state index contributed by atoms with van der Waals surface area (Å²) >= 11 is 0. The Morgan fingerprint density at radius 1 is 1.07 bits per heavy atom. The molecule has 27 heavy (non-hydrogen) atoms. The average molecular weight is 395 g/mol. The number of halogens is 1. The van der Waals surface area contributed by atoms with Gasteiger partial charge in [-0.15, -0.1) is 0 Å². The number of nitrogens with zero attached hydrogens (tertiary/aromatic N) is 2. The van der Waals surface area contributed by atoms with Gasteiger partial charge in [0.05, 0.1) is 12.9 Å². The molecule has 1 aliphatic rings. The third-order valence-corrected chi connectivity index (χ3v) is 5.80. The summed E-state index contributed by atoms with van der Waals surface area (Å²) in [6.07, 6.45) is 5.72. The summed E-state index contributed by atoms with van der Waals surface area (Å²) in [5.41, 5.74) is 0.552. The van der Waals surface area contributed by atoms with Crippen LogP contribution in [0.2, 0.25) is 0 Å². The summed E-state index contributed by atoms with van der Waals surface area (Å²) in [7, 11) is -1.99. The van der Waals surface area contributed by atoms with Crippen molar-refractivity contribution in [3.63, 3.8) is 0 Å². The van der Waals surface area contributed by atoms with E-state index in [1.54, 1.807) is 0 Å². The maximum atomic E-state index is 12.9. The standard InChI is InChI=1S/C18H22FN3O4S/c1-25-17-18(21-11-10-20-17)26-16-8-6-15(7-9-16)22-27(23,24)12-13-2-4-14(19)5-3-13/h2-5,10-11,15-16,22H,6-9,12H2,1H3. The first-order chi connectivity index (χ1) is 12.9. The molecule has 1 aromatic heterocycles. The molecule has 0 unspecified atom stereocenters. The van der Waals surface area contributed by atoms with Gasteiger partial charge in [0.1, 0.15) is 11.9 Å². The molecule has 1 saturated carbocycles. The zero-order chi connectivity index (χ0) is 19.3.